The number of aromatic nitrogens is 2. The van der Waals surface area contributed by atoms with Gasteiger partial charge in [-0.15, -0.1) is 0 Å². The molecule has 4 N–H and O–H groups in total. The highest BCUT2D eigenvalue weighted by atomic mass is 35.5. The first kappa shape index (κ1) is 31.2. The number of rotatable bonds is 7. The molecule has 0 bridgehead atoms. The van der Waals surface area contributed by atoms with Crippen molar-refractivity contribution >= 4 is 40.9 Å². The zero-order valence-corrected chi connectivity index (χ0v) is 25.1. The second-order valence-corrected chi connectivity index (χ2v) is 12.1. The first-order chi connectivity index (χ1) is 20.3. The van der Waals surface area contributed by atoms with Crippen LogP contribution in [-0.2, 0) is 4.79 Å². The third-order valence-electron chi connectivity index (χ3n) is 8.56. The van der Waals surface area contributed by atoms with Crippen molar-refractivity contribution in [3.05, 3.63) is 63.6 Å². The van der Waals surface area contributed by atoms with E-state index in [1.807, 2.05) is 11.8 Å². The van der Waals surface area contributed by atoms with Crippen molar-refractivity contribution in [1.82, 2.24) is 15.3 Å². The second-order valence-electron chi connectivity index (χ2n) is 11.2. The minimum absolute atomic E-state index is 0.0645. The number of carboxylic acids is 1. The summed E-state index contributed by atoms with van der Waals surface area (Å²) < 4.78 is 49.4. The van der Waals surface area contributed by atoms with E-state index in [0.29, 0.717) is 48.8 Å². The number of nitrogen functional groups attached to an aromatic ring is 1. The molecule has 2 aliphatic rings. The molecule has 0 aliphatic carbocycles. The molecular weight excluding hydrogens is 606 g/mol. The summed E-state index contributed by atoms with van der Waals surface area (Å²) in [5.41, 5.74) is 7.06. The van der Waals surface area contributed by atoms with Crippen LogP contribution in [0.2, 0.25) is 10.0 Å². The first-order valence-corrected chi connectivity index (χ1v) is 14.7. The molecule has 1 spiro atoms. The number of nitrogens with two attached hydrogens (primary N) is 1. The predicted molar refractivity (Wildman–Crippen MR) is 160 cm³/mol. The van der Waals surface area contributed by atoms with Gasteiger partial charge in [-0.25, -0.2) is 0 Å². The number of piperidine rings is 1. The fourth-order valence-corrected chi connectivity index (χ4v) is 6.67. The van der Waals surface area contributed by atoms with E-state index in [-0.39, 0.29) is 39.4 Å². The third-order valence-corrected chi connectivity index (χ3v) is 9.21. The van der Waals surface area contributed by atoms with E-state index in [9.17, 15) is 23.1 Å². The Morgan fingerprint density at radius 3 is 2.53 bits per heavy atom. The van der Waals surface area contributed by atoms with Crippen LogP contribution in [0.4, 0.5) is 24.9 Å². The third kappa shape index (κ3) is 6.49. The molecule has 2 fully saturated rings. The Morgan fingerprint density at radius 2 is 1.91 bits per heavy atom. The van der Waals surface area contributed by atoms with E-state index in [2.05, 4.69) is 15.3 Å². The molecule has 5 rings (SSSR count). The van der Waals surface area contributed by atoms with E-state index in [0.717, 1.165) is 12.0 Å². The number of carboxylic acid groups (broad SMARTS) is 1. The summed E-state index contributed by atoms with van der Waals surface area (Å²) in [5.74, 6) is -1.08. The van der Waals surface area contributed by atoms with Crippen LogP contribution in [-0.4, -0.2) is 52.4 Å². The van der Waals surface area contributed by atoms with Crippen molar-refractivity contribution in [2.24, 2.45) is 5.41 Å². The molecule has 0 saturated carbocycles. The molecule has 2 aliphatic heterocycles. The van der Waals surface area contributed by atoms with E-state index in [4.69, 9.17) is 33.7 Å². The van der Waals surface area contributed by atoms with Crippen LogP contribution in [0.1, 0.15) is 49.8 Å². The number of nitrogens with zero attached hydrogens (tertiary/aromatic N) is 3. The lowest BCUT2D eigenvalue weighted by Gasteiger charge is -2.43. The molecule has 0 radical (unpaired) electrons. The zero-order chi connectivity index (χ0) is 31.1. The van der Waals surface area contributed by atoms with Gasteiger partial charge in [0.15, 0.2) is 0 Å². The monoisotopic (exact) mass is 637 g/mol. The molecule has 3 atom stereocenters. The summed E-state index contributed by atoms with van der Waals surface area (Å²) >= 11 is 12.5. The van der Waals surface area contributed by atoms with Crippen molar-refractivity contribution in [3.8, 4) is 17.0 Å². The van der Waals surface area contributed by atoms with E-state index in [1.165, 1.54) is 24.3 Å². The van der Waals surface area contributed by atoms with E-state index < -0.39 is 24.3 Å². The lowest BCUT2D eigenvalue weighted by atomic mass is 9.71. The van der Waals surface area contributed by atoms with Crippen LogP contribution in [0, 0.1) is 12.3 Å². The number of ether oxygens (including phenoxy) is 1. The molecule has 43 heavy (non-hydrogen) atoms. The van der Waals surface area contributed by atoms with Gasteiger partial charge >= 0.3 is 12.1 Å². The van der Waals surface area contributed by atoms with E-state index in [1.54, 1.807) is 25.1 Å². The fourth-order valence-electron chi connectivity index (χ4n) is 6.32. The van der Waals surface area contributed by atoms with Gasteiger partial charge in [-0.3, -0.25) is 4.79 Å². The highest BCUT2D eigenvalue weighted by Crippen LogP contribution is 2.46. The number of aryl methyl sites for hydroxylation is 1. The molecule has 2 saturated heterocycles. The highest BCUT2D eigenvalue weighted by Gasteiger charge is 2.50. The van der Waals surface area contributed by atoms with Crippen LogP contribution in [0.25, 0.3) is 11.1 Å². The molecule has 1 aromatic heterocycles. The molecule has 2 unspecified atom stereocenters. The largest absolute Gasteiger partial charge is 0.480 e. The van der Waals surface area contributed by atoms with Gasteiger partial charge in [0.1, 0.15) is 11.9 Å². The summed E-state index contributed by atoms with van der Waals surface area (Å²) in [6.45, 7) is 4.88. The highest BCUT2D eigenvalue weighted by molar-refractivity contribution is 6.32. The van der Waals surface area contributed by atoms with Gasteiger partial charge in [-0.2, -0.15) is 23.1 Å². The number of benzene rings is 2. The molecule has 230 valence electrons. The second kappa shape index (κ2) is 12.0. The van der Waals surface area contributed by atoms with Gasteiger partial charge < -0.3 is 25.8 Å². The van der Waals surface area contributed by atoms with Gasteiger partial charge in [-0.1, -0.05) is 48.3 Å². The average molecular weight is 639 g/mol. The Kier molecular flexibility index (Phi) is 8.70. The van der Waals surface area contributed by atoms with Gasteiger partial charge in [0.25, 0.3) is 0 Å². The average Bonchev–Trinajstić information content (AvgIpc) is 3.31. The fraction of sp³-hybridized carbons (Fsp3) is 0.433. The normalized spacial score (nSPS) is 20.8. The van der Waals surface area contributed by atoms with Crippen molar-refractivity contribution in [2.75, 3.05) is 23.7 Å². The van der Waals surface area contributed by atoms with E-state index >= 15 is 0 Å². The lowest BCUT2D eigenvalue weighted by molar-refractivity contribution is -0.198. The number of hydrogen-bond acceptors (Lipinski definition) is 7. The van der Waals surface area contributed by atoms with Gasteiger partial charge in [0.05, 0.1) is 0 Å². The molecule has 8 nitrogen and oxygen atoms in total. The van der Waals surface area contributed by atoms with Crippen LogP contribution < -0.4 is 20.7 Å². The van der Waals surface area contributed by atoms with Crippen LogP contribution in [0.3, 0.4) is 0 Å². The Morgan fingerprint density at radius 1 is 1.19 bits per heavy atom. The SMILES string of the molecule is CCC1NC(C(=O)O)CC12CCN(c1cc(O[C@H](c3ccc(Cl)cc3-c3ccc(C)c(Cl)c3)C(F)(F)F)nc(N)n1)CC2. The number of anilines is 2. The lowest BCUT2D eigenvalue weighted by Crippen LogP contribution is -2.46. The predicted octanol–water partition coefficient (Wildman–Crippen LogP) is 6.84. The number of carbonyl (C=O) groups is 1. The Balaban J connectivity index is 1.42. The maximum atomic E-state index is 14.6. The Bertz CT molecular complexity index is 1510. The molecule has 2 aromatic carbocycles. The summed E-state index contributed by atoms with van der Waals surface area (Å²) in [6.07, 6.45) is -4.50. The number of aliphatic carboxylic acids is 1. The maximum absolute atomic E-state index is 14.6. The smallest absolute Gasteiger partial charge is 0.429 e. The Labute approximate surface area is 257 Å². The molecule has 3 heterocycles. The van der Waals surface area contributed by atoms with Crippen molar-refractivity contribution in [1.29, 1.82) is 0 Å². The zero-order valence-electron chi connectivity index (χ0n) is 23.6. The topological polar surface area (TPSA) is 114 Å². The summed E-state index contributed by atoms with van der Waals surface area (Å²) in [6, 6.07) is 9.91. The summed E-state index contributed by atoms with van der Waals surface area (Å²) in [7, 11) is 0. The summed E-state index contributed by atoms with van der Waals surface area (Å²) in [4.78, 5) is 21.8. The van der Waals surface area contributed by atoms with Crippen LogP contribution in [0.5, 0.6) is 5.88 Å². The minimum atomic E-state index is -4.82. The van der Waals surface area contributed by atoms with Crippen LogP contribution >= 0.6 is 23.2 Å². The van der Waals surface area contributed by atoms with Gasteiger partial charge in [0.2, 0.25) is 17.9 Å². The minimum Gasteiger partial charge on any atom is -0.480 e. The number of halogens is 5. The molecule has 3 aromatic rings. The molecular formula is C30H32Cl2F3N5O3. The van der Waals surface area contributed by atoms with Crippen molar-refractivity contribution in [3.63, 3.8) is 0 Å². The number of hydrogen-bond donors (Lipinski definition) is 3. The van der Waals surface area contributed by atoms with Crippen molar-refractivity contribution < 1.29 is 27.8 Å². The molecule has 13 heteroatoms. The first-order valence-electron chi connectivity index (χ1n) is 14.0. The summed E-state index contributed by atoms with van der Waals surface area (Å²) in [5, 5.41) is 13.5. The van der Waals surface area contributed by atoms with Crippen molar-refractivity contribution in [2.45, 2.75) is 63.9 Å². The van der Waals surface area contributed by atoms with Gasteiger partial charge in [0, 0.05) is 40.8 Å². The standard InChI is InChI=1S/C30H32Cl2F3N5O3/c1-3-23-29(15-22(37-23)27(41)42)8-10-40(11-9-29)24-14-25(39-28(36)38-24)43-26(30(33,34)35)19-7-6-18(31)13-20(19)17-5-4-16(2)21(32)12-17/h4-7,12-14,22-23,26,37H,3,8-11,15H2,1-2H3,(H,41,42)(H2,36,38,39)/t22?,23?,26-/m1/s1. The van der Waals surface area contributed by atoms with Crippen LogP contribution in [0.15, 0.2) is 42.5 Å². The quantitative estimate of drug-likeness (QED) is 0.258. The number of alkyl halides is 3. The Hall–Kier alpha value is -3.28. The molecule has 0 amide bonds. The van der Waals surface area contributed by atoms with Gasteiger partial charge in [-0.05, 0) is 72.9 Å². The number of nitrogens with one attached hydrogen (secondary N) is 1. The maximum Gasteiger partial charge on any atom is 0.429 e.